The van der Waals surface area contributed by atoms with Crippen molar-refractivity contribution in [2.45, 2.75) is 40.2 Å². The van der Waals surface area contributed by atoms with Crippen LogP contribution in [0.5, 0.6) is 5.75 Å². The highest BCUT2D eigenvalue weighted by atomic mass is 32.1. The fourth-order valence-corrected chi connectivity index (χ4v) is 2.13. The molecule has 0 radical (unpaired) electrons. The highest BCUT2D eigenvalue weighted by Gasteiger charge is 2.17. The molecule has 1 aromatic heterocycles. The highest BCUT2D eigenvalue weighted by molar-refractivity contribution is 7.11. The van der Waals surface area contributed by atoms with Gasteiger partial charge in [0.15, 0.2) is 16.6 Å². The second kappa shape index (κ2) is 5.94. The third kappa shape index (κ3) is 3.01. The first-order valence-electron chi connectivity index (χ1n) is 5.74. The maximum Gasteiger partial charge on any atom is 0.197 e. The molecule has 0 spiro atoms. The number of hydrogen-bond acceptors (Lipinski definition) is 5. The molecule has 0 bridgehead atoms. The number of nitrogens with one attached hydrogen (secondary N) is 1. The van der Waals surface area contributed by atoms with Gasteiger partial charge in [0, 0.05) is 6.04 Å². The summed E-state index contributed by atoms with van der Waals surface area (Å²) < 4.78 is 9.59. The van der Waals surface area contributed by atoms with Gasteiger partial charge in [0.05, 0.1) is 6.61 Å². The minimum atomic E-state index is 0.393. The van der Waals surface area contributed by atoms with Crippen LogP contribution < -0.4 is 15.8 Å². The minimum Gasteiger partial charge on any atom is -0.487 e. The van der Waals surface area contributed by atoms with Gasteiger partial charge in [-0.1, -0.05) is 20.3 Å². The first kappa shape index (κ1) is 13.1. The maximum absolute atomic E-state index is 5.75. The van der Waals surface area contributed by atoms with Crippen LogP contribution in [0.3, 0.4) is 0 Å². The summed E-state index contributed by atoms with van der Waals surface area (Å²) in [6.45, 7) is 9.13. The van der Waals surface area contributed by atoms with Crippen LogP contribution in [0.15, 0.2) is 0 Å². The van der Waals surface area contributed by atoms with Gasteiger partial charge in [-0.25, -0.2) is 0 Å². The Hall–Kier alpha value is -0.970. The van der Waals surface area contributed by atoms with E-state index in [2.05, 4.69) is 30.5 Å². The molecule has 3 N–H and O–H groups in total. The Morgan fingerprint density at radius 3 is 2.69 bits per heavy atom. The van der Waals surface area contributed by atoms with Crippen LogP contribution in [-0.2, 0) is 0 Å². The quantitative estimate of drug-likeness (QED) is 0.806. The van der Waals surface area contributed by atoms with E-state index in [-0.39, 0.29) is 0 Å². The molecular weight excluding hydrogens is 222 g/mol. The molecule has 0 aliphatic heterocycles. The average Bonchev–Trinajstić information content (AvgIpc) is 2.61. The van der Waals surface area contributed by atoms with Crippen molar-refractivity contribution in [1.82, 2.24) is 4.37 Å². The number of nitrogens with two attached hydrogens (primary N) is 1. The van der Waals surface area contributed by atoms with Crippen molar-refractivity contribution in [3.63, 3.8) is 0 Å². The number of hydrogen-bond donors (Lipinski definition) is 2. The summed E-state index contributed by atoms with van der Waals surface area (Å²) in [5.41, 5.74) is 5.75. The van der Waals surface area contributed by atoms with E-state index in [9.17, 15) is 0 Å². The molecule has 92 valence electrons. The Bertz CT molecular complexity index is 327. The summed E-state index contributed by atoms with van der Waals surface area (Å²) in [5, 5.41) is 4.36. The van der Waals surface area contributed by atoms with E-state index in [4.69, 9.17) is 10.5 Å². The Kier molecular flexibility index (Phi) is 4.86. The monoisotopic (exact) mass is 243 g/mol. The van der Waals surface area contributed by atoms with Crippen LogP contribution in [0.2, 0.25) is 0 Å². The topological polar surface area (TPSA) is 60.2 Å². The summed E-state index contributed by atoms with van der Waals surface area (Å²) in [5.74, 6) is 1.78. The number of ether oxygens (including phenoxy) is 1. The van der Waals surface area contributed by atoms with E-state index in [0.29, 0.717) is 30.1 Å². The highest BCUT2D eigenvalue weighted by Crippen LogP contribution is 2.36. The molecular formula is C11H21N3OS. The molecule has 0 amide bonds. The molecule has 0 saturated heterocycles. The third-order valence-electron chi connectivity index (χ3n) is 2.82. The molecule has 0 fully saturated rings. The predicted molar refractivity (Wildman–Crippen MR) is 70.2 cm³/mol. The smallest absolute Gasteiger partial charge is 0.197 e. The van der Waals surface area contributed by atoms with Gasteiger partial charge in [-0.05, 0) is 31.3 Å². The number of anilines is 2. The molecule has 2 atom stereocenters. The first-order valence-corrected chi connectivity index (χ1v) is 6.51. The van der Waals surface area contributed by atoms with E-state index >= 15 is 0 Å². The Morgan fingerprint density at radius 2 is 2.12 bits per heavy atom. The van der Waals surface area contributed by atoms with Crippen molar-refractivity contribution in [2.24, 2.45) is 5.92 Å². The lowest BCUT2D eigenvalue weighted by molar-refractivity contribution is 0.343. The second-order valence-electron chi connectivity index (χ2n) is 3.98. The van der Waals surface area contributed by atoms with Gasteiger partial charge >= 0.3 is 0 Å². The van der Waals surface area contributed by atoms with Gasteiger partial charge in [0.2, 0.25) is 0 Å². The lowest BCUT2D eigenvalue weighted by atomic mass is 10.0. The average molecular weight is 243 g/mol. The maximum atomic E-state index is 5.75. The zero-order chi connectivity index (χ0) is 12.1. The molecule has 4 nitrogen and oxygen atoms in total. The van der Waals surface area contributed by atoms with Crippen LogP contribution in [-0.4, -0.2) is 17.0 Å². The lowest BCUT2D eigenvalue weighted by Crippen LogP contribution is -2.22. The SMILES string of the molecule is CCOc1c(N)nsc1NC(C)C(C)CC. The number of rotatable bonds is 6. The van der Waals surface area contributed by atoms with Gasteiger partial charge in [-0.2, -0.15) is 4.37 Å². The Morgan fingerprint density at radius 1 is 1.44 bits per heavy atom. The van der Waals surface area contributed by atoms with Crippen molar-refractivity contribution in [3.8, 4) is 5.75 Å². The van der Waals surface area contributed by atoms with Gasteiger partial charge in [0.1, 0.15) is 0 Å². The van der Waals surface area contributed by atoms with Crippen LogP contribution in [0.25, 0.3) is 0 Å². The Labute approximate surface area is 101 Å². The summed E-state index contributed by atoms with van der Waals surface area (Å²) in [6, 6.07) is 0.393. The van der Waals surface area contributed by atoms with E-state index in [0.717, 1.165) is 11.4 Å². The van der Waals surface area contributed by atoms with Crippen LogP contribution in [0, 0.1) is 5.92 Å². The largest absolute Gasteiger partial charge is 0.487 e. The summed E-state index contributed by atoms with van der Waals surface area (Å²) in [7, 11) is 0. The second-order valence-corrected chi connectivity index (χ2v) is 4.75. The standard InChI is InChI=1S/C11H21N3OS/c1-5-7(3)8(4)13-11-9(15-6-2)10(12)14-16-11/h7-8,13H,5-6H2,1-4H3,(H2,12,14). The van der Waals surface area contributed by atoms with Gasteiger partial charge in [-0.3, -0.25) is 0 Å². The number of nitrogen functional groups attached to an aromatic ring is 1. The van der Waals surface area contributed by atoms with Gasteiger partial charge in [0.25, 0.3) is 0 Å². The molecule has 1 rings (SSSR count). The van der Waals surface area contributed by atoms with Gasteiger partial charge < -0.3 is 15.8 Å². The zero-order valence-corrected chi connectivity index (χ0v) is 11.2. The fraction of sp³-hybridized carbons (Fsp3) is 0.727. The van der Waals surface area contributed by atoms with Crippen LogP contribution in [0.1, 0.15) is 34.1 Å². The molecule has 2 unspecified atom stereocenters. The van der Waals surface area contributed by atoms with E-state index in [1.807, 2.05) is 6.92 Å². The van der Waals surface area contributed by atoms with E-state index in [1.165, 1.54) is 11.5 Å². The molecule has 0 aromatic carbocycles. The van der Waals surface area contributed by atoms with Crippen LogP contribution >= 0.6 is 11.5 Å². The lowest BCUT2D eigenvalue weighted by Gasteiger charge is -2.20. The van der Waals surface area contributed by atoms with E-state index < -0.39 is 0 Å². The zero-order valence-electron chi connectivity index (χ0n) is 10.4. The molecule has 5 heteroatoms. The Balaban J connectivity index is 2.72. The fourth-order valence-electron chi connectivity index (χ4n) is 1.37. The molecule has 1 heterocycles. The van der Waals surface area contributed by atoms with E-state index in [1.54, 1.807) is 0 Å². The summed E-state index contributed by atoms with van der Waals surface area (Å²) in [4.78, 5) is 0. The summed E-state index contributed by atoms with van der Waals surface area (Å²) >= 11 is 1.36. The molecule has 1 aromatic rings. The molecule has 0 saturated carbocycles. The minimum absolute atomic E-state index is 0.393. The molecule has 0 aliphatic carbocycles. The third-order valence-corrected chi connectivity index (χ3v) is 3.59. The van der Waals surface area contributed by atoms with Crippen LogP contribution in [0.4, 0.5) is 10.8 Å². The normalized spacial score (nSPS) is 14.5. The first-order chi connectivity index (χ1) is 7.60. The van der Waals surface area contributed by atoms with Gasteiger partial charge in [-0.15, -0.1) is 0 Å². The van der Waals surface area contributed by atoms with Crippen molar-refractivity contribution in [2.75, 3.05) is 17.7 Å². The van der Waals surface area contributed by atoms with Crippen molar-refractivity contribution < 1.29 is 4.74 Å². The number of nitrogens with zero attached hydrogens (tertiary/aromatic N) is 1. The number of aromatic nitrogens is 1. The molecule has 16 heavy (non-hydrogen) atoms. The summed E-state index contributed by atoms with van der Waals surface area (Å²) in [6.07, 6.45) is 1.15. The predicted octanol–water partition coefficient (Wildman–Crippen LogP) is 2.97. The van der Waals surface area contributed by atoms with Crippen molar-refractivity contribution in [1.29, 1.82) is 0 Å². The van der Waals surface area contributed by atoms with Crippen molar-refractivity contribution in [3.05, 3.63) is 0 Å². The molecule has 0 aliphatic rings. The van der Waals surface area contributed by atoms with Crippen molar-refractivity contribution >= 4 is 22.4 Å².